The molecule has 2 aliphatic rings. The Hall–Kier alpha value is -3.38. The van der Waals surface area contributed by atoms with E-state index in [1.54, 1.807) is 34.6 Å². The van der Waals surface area contributed by atoms with Crippen molar-refractivity contribution in [2.45, 2.75) is 136 Å². The van der Waals surface area contributed by atoms with Crippen LogP contribution in [0, 0.1) is 17.8 Å². The summed E-state index contributed by atoms with van der Waals surface area (Å²) in [6, 6.07) is -3.44. The molecular formula is C31H53N5O8. The van der Waals surface area contributed by atoms with Crippen molar-refractivity contribution in [2.24, 2.45) is 17.8 Å². The molecule has 2 rings (SSSR count). The van der Waals surface area contributed by atoms with Gasteiger partial charge < -0.3 is 36.1 Å². The summed E-state index contributed by atoms with van der Waals surface area (Å²) in [6.45, 7) is 11.9. The molecule has 5 N–H and O–H groups in total. The molecule has 0 saturated heterocycles. The van der Waals surface area contributed by atoms with Crippen molar-refractivity contribution >= 4 is 35.7 Å². The predicted molar refractivity (Wildman–Crippen MR) is 163 cm³/mol. The van der Waals surface area contributed by atoms with Gasteiger partial charge in [0.2, 0.25) is 23.6 Å². The first-order chi connectivity index (χ1) is 20.5. The Morgan fingerprint density at radius 3 is 1.61 bits per heavy atom. The fourth-order valence-electron chi connectivity index (χ4n) is 5.72. The Balaban J connectivity index is 2.05. The number of carbonyl (C=O) groups excluding carboxylic acids is 6. The topological polar surface area (TPSA) is 181 Å². The fraction of sp³-hybridized carbons (Fsp3) is 0.806. The highest BCUT2D eigenvalue weighted by molar-refractivity contribution is 5.91. The highest BCUT2D eigenvalue weighted by Gasteiger charge is 2.38. The molecule has 13 heteroatoms. The standard InChI is InChI=1S/C31H53N5O8/c1-17(2)24(28(40)35-23-16-12-9-13-20(23)26(38)32-19(4)29(41)43-8)36-27(39)21-14-10-11-15-22(21)34-25(37)18(3)33-30(42)44-31(5,6)7/h17-24H,9-16H2,1-8H3,(H,32,38)(H,33,42)(H,34,37)(H,35,40)(H,36,39)/t18-,19-,20-,21-,22+,23+,24-/m0/s1. The number of esters is 1. The maximum atomic E-state index is 13.6. The van der Waals surface area contributed by atoms with Gasteiger partial charge in [0.05, 0.1) is 18.9 Å². The van der Waals surface area contributed by atoms with Crippen molar-refractivity contribution in [1.82, 2.24) is 26.6 Å². The van der Waals surface area contributed by atoms with Gasteiger partial charge in [-0.3, -0.25) is 19.2 Å². The summed E-state index contributed by atoms with van der Waals surface area (Å²) < 4.78 is 9.93. The van der Waals surface area contributed by atoms with Gasteiger partial charge in [0.25, 0.3) is 0 Å². The second kappa shape index (κ2) is 16.6. The maximum absolute atomic E-state index is 13.6. The van der Waals surface area contributed by atoms with Crippen LogP contribution in [0.15, 0.2) is 0 Å². The summed E-state index contributed by atoms with van der Waals surface area (Å²) in [5, 5.41) is 14.0. The predicted octanol–water partition coefficient (Wildman–Crippen LogP) is 2.07. The number of carbonyl (C=O) groups is 6. The van der Waals surface area contributed by atoms with Gasteiger partial charge in [-0.25, -0.2) is 9.59 Å². The number of ether oxygens (including phenoxy) is 2. The molecule has 7 atom stereocenters. The molecular weight excluding hydrogens is 570 g/mol. The number of methoxy groups -OCH3 is 1. The summed E-state index contributed by atoms with van der Waals surface area (Å²) in [5.41, 5.74) is -0.709. The lowest BCUT2D eigenvalue weighted by molar-refractivity contribution is -0.145. The van der Waals surface area contributed by atoms with Crippen LogP contribution in [0.5, 0.6) is 0 Å². The minimum absolute atomic E-state index is 0.246. The quantitative estimate of drug-likeness (QED) is 0.217. The van der Waals surface area contributed by atoms with Crippen LogP contribution in [0.1, 0.15) is 99.8 Å². The summed E-state index contributed by atoms with van der Waals surface area (Å²) in [4.78, 5) is 76.9. The Bertz CT molecular complexity index is 1040. The molecule has 0 bridgehead atoms. The molecule has 5 amide bonds. The van der Waals surface area contributed by atoms with Crippen molar-refractivity contribution in [2.75, 3.05) is 7.11 Å². The molecule has 44 heavy (non-hydrogen) atoms. The smallest absolute Gasteiger partial charge is 0.408 e. The van der Waals surface area contributed by atoms with E-state index in [2.05, 4.69) is 26.6 Å². The lowest BCUT2D eigenvalue weighted by atomic mass is 9.82. The largest absolute Gasteiger partial charge is 0.467 e. The third-order valence-electron chi connectivity index (χ3n) is 8.15. The van der Waals surface area contributed by atoms with E-state index in [0.29, 0.717) is 25.7 Å². The van der Waals surface area contributed by atoms with Gasteiger partial charge in [-0.1, -0.05) is 39.5 Å². The normalized spacial score (nSPS) is 24.1. The Kier molecular flexibility index (Phi) is 13.9. The van der Waals surface area contributed by atoms with Gasteiger partial charge >= 0.3 is 12.1 Å². The molecule has 0 heterocycles. The van der Waals surface area contributed by atoms with Crippen LogP contribution in [-0.2, 0) is 33.4 Å². The molecule has 0 radical (unpaired) electrons. The van der Waals surface area contributed by atoms with Crippen LogP contribution in [0.2, 0.25) is 0 Å². The molecule has 0 unspecified atom stereocenters. The SMILES string of the molecule is COC(=O)[C@H](C)NC(=O)[C@H]1CCCC[C@H]1NC(=O)[C@@H](NC(=O)[C@H]1CCCC[C@H]1NC(=O)[C@H](C)NC(=O)OC(C)(C)C)C(C)C. The first-order valence-electron chi connectivity index (χ1n) is 15.8. The van der Waals surface area contributed by atoms with E-state index >= 15 is 0 Å². The highest BCUT2D eigenvalue weighted by atomic mass is 16.6. The zero-order valence-electron chi connectivity index (χ0n) is 27.5. The molecule has 250 valence electrons. The van der Waals surface area contributed by atoms with Gasteiger partial charge in [0.15, 0.2) is 0 Å². The molecule has 0 aromatic heterocycles. The van der Waals surface area contributed by atoms with Crippen molar-refractivity contribution < 1.29 is 38.2 Å². The average Bonchev–Trinajstić information content (AvgIpc) is 2.94. The third kappa shape index (κ3) is 11.3. The van der Waals surface area contributed by atoms with Crippen LogP contribution < -0.4 is 26.6 Å². The van der Waals surface area contributed by atoms with Crippen LogP contribution in [0.25, 0.3) is 0 Å². The number of nitrogens with one attached hydrogen (secondary N) is 5. The van der Waals surface area contributed by atoms with Crippen molar-refractivity contribution in [3.8, 4) is 0 Å². The highest BCUT2D eigenvalue weighted by Crippen LogP contribution is 2.27. The second-order valence-corrected chi connectivity index (χ2v) is 13.4. The molecule has 0 spiro atoms. The van der Waals surface area contributed by atoms with E-state index in [9.17, 15) is 28.8 Å². The molecule has 2 aliphatic carbocycles. The summed E-state index contributed by atoms with van der Waals surface area (Å²) in [6.07, 6.45) is 4.88. The molecule has 0 aliphatic heterocycles. The average molecular weight is 624 g/mol. The lowest BCUT2D eigenvalue weighted by Gasteiger charge is -2.35. The van der Waals surface area contributed by atoms with Crippen LogP contribution in [-0.4, -0.2) is 78.6 Å². The lowest BCUT2D eigenvalue weighted by Crippen LogP contribution is -2.59. The number of hydrogen-bond donors (Lipinski definition) is 5. The number of alkyl carbamates (subject to hydrolysis) is 1. The van der Waals surface area contributed by atoms with Crippen LogP contribution in [0.3, 0.4) is 0 Å². The zero-order chi connectivity index (χ0) is 33.2. The number of amides is 5. The minimum atomic E-state index is -0.874. The summed E-state index contributed by atoms with van der Waals surface area (Å²) in [7, 11) is 1.25. The number of rotatable bonds is 11. The van der Waals surface area contributed by atoms with Gasteiger partial charge in [-0.2, -0.15) is 0 Å². The van der Waals surface area contributed by atoms with Crippen molar-refractivity contribution in [1.29, 1.82) is 0 Å². The van der Waals surface area contributed by atoms with E-state index in [-0.39, 0.29) is 23.6 Å². The van der Waals surface area contributed by atoms with E-state index < -0.39 is 65.6 Å². The Morgan fingerprint density at radius 2 is 1.14 bits per heavy atom. The first-order valence-corrected chi connectivity index (χ1v) is 15.8. The van der Waals surface area contributed by atoms with Gasteiger partial charge in [-0.15, -0.1) is 0 Å². The van der Waals surface area contributed by atoms with E-state index in [1.807, 2.05) is 13.8 Å². The van der Waals surface area contributed by atoms with Gasteiger partial charge in [0.1, 0.15) is 23.7 Å². The zero-order valence-corrected chi connectivity index (χ0v) is 27.5. The van der Waals surface area contributed by atoms with Gasteiger partial charge in [-0.05, 0) is 66.2 Å². The van der Waals surface area contributed by atoms with Crippen molar-refractivity contribution in [3.63, 3.8) is 0 Å². The fourth-order valence-corrected chi connectivity index (χ4v) is 5.72. The molecule has 2 fully saturated rings. The van der Waals surface area contributed by atoms with E-state index in [4.69, 9.17) is 9.47 Å². The monoisotopic (exact) mass is 623 g/mol. The Morgan fingerprint density at radius 1 is 0.659 bits per heavy atom. The molecule has 2 saturated carbocycles. The minimum Gasteiger partial charge on any atom is -0.467 e. The molecule has 0 aromatic rings. The maximum Gasteiger partial charge on any atom is 0.408 e. The number of hydrogen-bond acceptors (Lipinski definition) is 8. The molecule has 13 nitrogen and oxygen atoms in total. The third-order valence-corrected chi connectivity index (χ3v) is 8.15. The van der Waals surface area contributed by atoms with E-state index in [1.165, 1.54) is 7.11 Å². The summed E-state index contributed by atoms with van der Waals surface area (Å²) in [5.74, 6) is -3.34. The second-order valence-electron chi connectivity index (χ2n) is 13.4. The Labute approximate surface area is 261 Å². The van der Waals surface area contributed by atoms with Crippen molar-refractivity contribution in [3.05, 3.63) is 0 Å². The summed E-state index contributed by atoms with van der Waals surface area (Å²) >= 11 is 0. The van der Waals surface area contributed by atoms with Crippen LogP contribution in [0.4, 0.5) is 4.79 Å². The van der Waals surface area contributed by atoms with Crippen LogP contribution >= 0.6 is 0 Å². The molecule has 0 aromatic carbocycles. The first kappa shape index (κ1) is 36.8. The van der Waals surface area contributed by atoms with E-state index in [0.717, 1.165) is 25.7 Å². The van der Waals surface area contributed by atoms with Gasteiger partial charge in [0, 0.05) is 12.1 Å².